The third-order valence-corrected chi connectivity index (χ3v) is 5.44. The van der Waals surface area contributed by atoms with Gasteiger partial charge < -0.3 is 14.6 Å². The van der Waals surface area contributed by atoms with Crippen molar-refractivity contribution < 1.29 is 9.53 Å². The second kappa shape index (κ2) is 8.82. The zero-order valence-electron chi connectivity index (χ0n) is 17.2. The average Bonchev–Trinajstić information content (AvgIpc) is 3.31. The van der Waals surface area contributed by atoms with E-state index in [4.69, 9.17) is 4.74 Å². The number of aromatic nitrogens is 2. The molecule has 2 atom stereocenters. The van der Waals surface area contributed by atoms with Gasteiger partial charge in [0.1, 0.15) is 5.75 Å². The molecule has 0 saturated heterocycles. The molecule has 1 N–H and O–H groups in total. The molecule has 4 aromatic rings. The van der Waals surface area contributed by atoms with Crippen molar-refractivity contribution in [1.29, 1.82) is 0 Å². The second-order valence-electron chi connectivity index (χ2n) is 7.43. The van der Waals surface area contributed by atoms with Crippen LogP contribution in [0.25, 0.3) is 10.8 Å². The van der Waals surface area contributed by atoms with Gasteiger partial charge in [0.25, 0.3) is 0 Å². The Bertz CT molecular complexity index is 1120. The molecule has 0 spiro atoms. The summed E-state index contributed by atoms with van der Waals surface area (Å²) in [4.78, 5) is 17.2. The van der Waals surface area contributed by atoms with Crippen LogP contribution < -0.4 is 10.1 Å². The van der Waals surface area contributed by atoms with Gasteiger partial charge in [-0.1, -0.05) is 54.6 Å². The first-order valence-electron chi connectivity index (χ1n) is 10.0. The van der Waals surface area contributed by atoms with Crippen LogP contribution in [0.1, 0.15) is 30.0 Å². The number of rotatable bonds is 7. The number of benzene rings is 3. The maximum Gasteiger partial charge on any atom is 0.227 e. The molecule has 0 bridgehead atoms. The highest BCUT2D eigenvalue weighted by atomic mass is 16.5. The van der Waals surface area contributed by atoms with Crippen LogP contribution in [0.4, 0.5) is 0 Å². The van der Waals surface area contributed by atoms with E-state index < -0.39 is 0 Å². The molecule has 1 heterocycles. The monoisotopic (exact) mass is 399 g/mol. The molecular weight excluding hydrogens is 374 g/mol. The molecule has 0 radical (unpaired) electrons. The fourth-order valence-electron chi connectivity index (χ4n) is 3.61. The van der Waals surface area contributed by atoms with E-state index in [0.29, 0.717) is 6.54 Å². The van der Waals surface area contributed by atoms with Crippen molar-refractivity contribution in [2.24, 2.45) is 0 Å². The van der Waals surface area contributed by atoms with E-state index >= 15 is 0 Å². The maximum absolute atomic E-state index is 13.1. The van der Waals surface area contributed by atoms with Crippen molar-refractivity contribution in [2.75, 3.05) is 7.11 Å². The van der Waals surface area contributed by atoms with Crippen LogP contribution >= 0.6 is 0 Å². The molecule has 0 fully saturated rings. The van der Waals surface area contributed by atoms with Crippen molar-refractivity contribution in [1.82, 2.24) is 14.9 Å². The summed E-state index contributed by atoms with van der Waals surface area (Å²) in [6.45, 7) is 2.57. The minimum atomic E-state index is -0.273. The number of carbonyl (C=O) groups is 1. The highest BCUT2D eigenvalue weighted by Gasteiger charge is 2.21. The summed E-state index contributed by atoms with van der Waals surface area (Å²) in [5.74, 6) is 0.550. The molecule has 3 aromatic carbocycles. The van der Waals surface area contributed by atoms with E-state index in [-0.39, 0.29) is 17.9 Å². The highest BCUT2D eigenvalue weighted by Crippen LogP contribution is 2.26. The average molecular weight is 399 g/mol. The first kappa shape index (κ1) is 19.7. The molecule has 1 aromatic heterocycles. The van der Waals surface area contributed by atoms with Crippen molar-refractivity contribution >= 4 is 16.7 Å². The lowest BCUT2D eigenvalue weighted by Crippen LogP contribution is -2.34. The van der Waals surface area contributed by atoms with Crippen molar-refractivity contribution in [3.63, 3.8) is 0 Å². The number of amides is 1. The molecule has 4 rings (SSSR count). The maximum atomic E-state index is 13.1. The van der Waals surface area contributed by atoms with Crippen LogP contribution in [0.2, 0.25) is 0 Å². The van der Waals surface area contributed by atoms with Crippen LogP contribution in [0, 0.1) is 0 Å². The topological polar surface area (TPSA) is 56.1 Å². The fourth-order valence-corrected chi connectivity index (χ4v) is 3.61. The van der Waals surface area contributed by atoms with Gasteiger partial charge >= 0.3 is 0 Å². The normalized spacial score (nSPS) is 13.0. The van der Waals surface area contributed by atoms with Gasteiger partial charge in [-0.25, -0.2) is 4.98 Å². The van der Waals surface area contributed by atoms with Crippen LogP contribution in [0.5, 0.6) is 5.75 Å². The third-order valence-electron chi connectivity index (χ3n) is 5.44. The van der Waals surface area contributed by atoms with E-state index in [0.717, 1.165) is 27.6 Å². The number of methoxy groups -OCH3 is 1. The molecule has 5 nitrogen and oxygen atoms in total. The lowest BCUT2D eigenvalue weighted by molar-refractivity contribution is -0.123. The third kappa shape index (κ3) is 4.35. The summed E-state index contributed by atoms with van der Waals surface area (Å²) >= 11 is 0. The minimum Gasteiger partial charge on any atom is -0.497 e. The van der Waals surface area contributed by atoms with Crippen LogP contribution in [0.3, 0.4) is 0 Å². The number of ether oxygens (including phenoxy) is 1. The van der Waals surface area contributed by atoms with E-state index in [9.17, 15) is 4.79 Å². The van der Waals surface area contributed by atoms with Gasteiger partial charge in [-0.15, -0.1) is 0 Å². The van der Waals surface area contributed by atoms with Crippen molar-refractivity contribution in [3.8, 4) is 5.75 Å². The summed E-state index contributed by atoms with van der Waals surface area (Å²) in [6, 6.07) is 22.0. The van der Waals surface area contributed by atoms with Gasteiger partial charge in [-0.05, 0) is 41.0 Å². The molecule has 0 saturated carbocycles. The predicted octanol–water partition coefficient (Wildman–Crippen LogP) is 4.71. The quantitative estimate of drug-likeness (QED) is 0.490. The lowest BCUT2D eigenvalue weighted by Gasteiger charge is -2.22. The van der Waals surface area contributed by atoms with E-state index in [1.807, 2.05) is 78.4 Å². The number of imidazole rings is 1. The molecule has 5 heteroatoms. The number of carbonyl (C=O) groups excluding carboxylic acids is 1. The summed E-state index contributed by atoms with van der Waals surface area (Å²) in [7, 11) is 1.66. The first-order valence-corrected chi connectivity index (χ1v) is 10.0. The van der Waals surface area contributed by atoms with Gasteiger partial charge in [-0.2, -0.15) is 0 Å². The highest BCUT2D eigenvalue weighted by molar-refractivity contribution is 5.88. The smallest absolute Gasteiger partial charge is 0.227 e. The molecule has 0 aliphatic rings. The van der Waals surface area contributed by atoms with Gasteiger partial charge in [0.2, 0.25) is 5.91 Å². The number of fused-ring (bicyclic) bond motifs is 1. The minimum absolute atomic E-state index is 0.00294. The summed E-state index contributed by atoms with van der Waals surface area (Å²) in [5, 5.41) is 5.41. The molecular formula is C25H25N3O2. The van der Waals surface area contributed by atoms with E-state index in [2.05, 4.69) is 16.4 Å². The van der Waals surface area contributed by atoms with E-state index in [1.165, 1.54) is 0 Å². The fraction of sp³-hybridized carbons (Fsp3) is 0.200. The predicted molar refractivity (Wildman–Crippen MR) is 118 cm³/mol. The Morgan fingerprint density at radius 2 is 1.80 bits per heavy atom. The van der Waals surface area contributed by atoms with Gasteiger partial charge in [0, 0.05) is 18.9 Å². The Morgan fingerprint density at radius 3 is 2.53 bits per heavy atom. The zero-order valence-corrected chi connectivity index (χ0v) is 17.2. The molecule has 0 aliphatic carbocycles. The molecule has 0 aliphatic heterocycles. The zero-order chi connectivity index (χ0) is 20.9. The van der Waals surface area contributed by atoms with Gasteiger partial charge in [-0.3, -0.25) is 4.79 Å². The summed E-state index contributed by atoms with van der Waals surface area (Å²) in [6.07, 6.45) is 5.42. The number of nitrogens with one attached hydrogen (secondary N) is 1. The van der Waals surface area contributed by atoms with Crippen LogP contribution in [-0.4, -0.2) is 22.6 Å². The first-order chi connectivity index (χ1) is 14.6. The van der Waals surface area contributed by atoms with Crippen molar-refractivity contribution in [3.05, 3.63) is 96.6 Å². The standard InChI is InChI=1S/C25H25N3O2/c1-18(20-8-9-22-15-23(30-2)11-10-21(22)14-20)25(29)27-24(16-28-13-12-26-17-28)19-6-4-3-5-7-19/h3-15,17-18,24H,16H2,1-2H3,(H,27,29)/t18-,24+/m0/s1. The molecule has 0 unspecified atom stereocenters. The largest absolute Gasteiger partial charge is 0.497 e. The summed E-state index contributed by atoms with van der Waals surface area (Å²) in [5.41, 5.74) is 2.05. The van der Waals surface area contributed by atoms with Gasteiger partial charge in [0.15, 0.2) is 0 Å². The second-order valence-corrected chi connectivity index (χ2v) is 7.43. The van der Waals surface area contributed by atoms with Crippen molar-refractivity contribution in [2.45, 2.75) is 25.4 Å². The van der Waals surface area contributed by atoms with Crippen LogP contribution in [-0.2, 0) is 11.3 Å². The number of nitrogens with zero attached hydrogens (tertiary/aromatic N) is 2. The molecule has 1 amide bonds. The SMILES string of the molecule is COc1ccc2cc([C@H](C)C(=O)N[C@H](Cn3ccnc3)c3ccccc3)ccc2c1. The Balaban J connectivity index is 1.55. The van der Waals surface area contributed by atoms with Gasteiger partial charge in [0.05, 0.1) is 25.4 Å². The van der Waals surface area contributed by atoms with E-state index in [1.54, 1.807) is 19.6 Å². The van der Waals surface area contributed by atoms with Crippen LogP contribution in [0.15, 0.2) is 85.5 Å². The number of hydrogen-bond acceptors (Lipinski definition) is 3. The number of hydrogen-bond donors (Lipinski definition) is 1. The Hall–Kier alpha value is -3.60. The summed E-state index contributed by atoms with van der Waals surface area (Å²) < 4.78 is 7.27. The lowest BCUT2D eigenvalue weighted by atomic mass is 9.96. The Morgan fingerprint density at radius 1 is 1.03 bits per heavy atom. The Labute approximate surface area is 176 Å². The Kier molecular flexibility index (Phi) is 5.80. The molecule has 152 valence electrons. The molecule has 30 heavy (non-hydrogen) atoms.